The molecule has 0 saturated carbocycles. The average molecular weight is 479 g/mol. The van der Waals surface area contributed by atoms with Gasteiger partial charge in [0, 0.05) is 43.6 Å². The van der Waals surface area contributed by atoms with Crippen LogP contribution in [0.5, 0.6) is 0 Å². The van der Waals surface area contributed by atoms with Crippen LogP contribution in [0.1, 0.15) is 54.4 Å². The molecule has 3 atom stereocenters. The number of H-pyrrole nitrogens is 1. The van der Waals surface area contributed by atoms with Crippen LogP contribution in [-0.2, 0) is 16.6 Å². The summed E-state index contributed by atoms with van der Waals surface area (Å²) in [6, 6.07) is 21.0. The van der Waals surface area contributed by atoms with Gasteiger partial charge in [-0.25, -0.2) is 4.98 Å². The second-order valence-electron chi connectivity index (χ2n) is 10.7. The van der Waals surface area contributed by atoms with Crippen molar-refractivity contribution in [3.63, 3.8) is 0 Å². The van der Waals surface area contributed by atoms with Crippen molar-refractivity contribution in [2.24, 2.45) is 0 Å². The summed E-state index contributed by atoms with van der Waals surface area (Å²) < 4.78 is 0. The van der Waals surface area contributed by atoms with Crippen molar-refractivity contribution in [1.29, 1.82) is 0 Å². The predicted octanol–water partition coefficient (Wildman–Crippen LogP) is 4.66. The van der Waals surface area contributed by atoms with Gasteiger partial charge in [0.15, 0.2) is 0 Å². The van der Waals surface area contributed by atoms with E-state index in [0.717, 1.165) is 48.6 Å². The highest BCUT2D eigenvalue weighted by Crippen LogP contribution is 2.49. The van der Waals surface area contributed by atoms with E-state index < -0.39 is 11.5 Å². The van der Waals surface area contributed by atoms with E-state index >= 15 is 0 Å². The molecule has 7 rings (SSSR count). The molecular formula is C30H30N4O2. The summed E-state index contributed by atoms with van der Waals surface area (Å²) in [4.78, 5) is 26.1. The standard InChI is InChI=1S/C30H30N4O2/c1-30(18-25-31-14-15-32-25)23-10-2-3-11-24(23)34(29(30)36)20-12-16-33(17-13-20)27-21-8-4-6-19-7-5-9-22(26(19)21)28(27)35/h2-11,14-15,20,27-28,35H,12-13,16-18H2,1H3,(H,31,32). The van der Waals surface area contributed by atoms with Crippen LogP contribution in [0.3, 0.4) is 0 Å². The van der Waals surface area contributed by atoms with Crippen LogP contribution in [-0.4, -0.2) is 45.0 Å². The maximum atomic E-state index is 14.0. The van der Waals surface area contributed by atoms with Crippen molar-refractivity contribution in [3.05, 3.63) is 95.6 Å². The highest BCUT2D eigenvalue weighted by molar-refractivity contribution is 6.08. The number of likely N-dealkylation sites (tertiary alicyclic amines) is 1. The predicted molar refractivity (Wildman–Crippen MR) is 140 cm³/mol. The lowest BCUT2D eigenvalue weighted by atomic mass is 9.80. The van der Waals surface area contributed by atoms with Gasteiger partial charge in [0.05, 0.1) is 17.6 Å². The number of nitrogens with one attached hydrogen (secondary N) is 1. The Balaban J connectivity index is 1.15. The summed E-state index contributed by atoms with van der Waals surface area (Å²) in [5.74, 6) is 0.998. The average Bonchev–Trinajstić information content (AvgIpc) is 3.57. The van der Waals surface area contributed by atoms with E-state index in [0.29, 0.717) is 6.42 Å². The summed E-state index contributed by atoms with van der Waals surface area (Å²) >= 11 is 0. The van der Waals surface area contributed by atoms with E-state index in [1.807, 2.05) is 24.4 Å². The lowest BCUT2D eigenvalue weighted by molar-refractivity contribution is -0.123. The number of hydrogen-bond acceptors (Lipinski definition) is 4. The zero-order valence-corrected chi connectivity index (χ0v) is 20.4. The van der Waals surface area contributed by atoms with Gasteiger partial charge >= 0.3 is 0 Å². The fourth-order valence-electron chi connectivity index (χ4n) is 6.96. The highest BCUT2D eigenvalue weighted by atomic mass is 16.3. The smallest absolute Gasteiger partial charge is 0.238 e. The monoisotopic (exact) mass is 478 g/mol. The number of aromatic amines is 1. The topological polar surface area (TPSA) is 72.5 Å². The number of carbonyl (C=O) groups is 1. The quantitative estimate of drug-likeness (QED) is 0.447. The van der Waals surface area contributed by atoms with Crippen LogP contribution in [0.15, 0.2) is 73.1 Å². The molecule has 0 spiro atoms. The van der Waals surface area contributed by atoms with Crippen molar-refractivity contribution in [2.45, 2.75) is 49.8 Å². The third-order valence-corrected chi connectivity index (χ3v) is 8.69. The fraction of sp³-hybridized carbons (Fsp3) is 0.333. The number of aliphatic hydroxyl groups excluding tert-OH is 1. The molecule has 6 heteroatoms. The number of nitrogens with zero attached hydrogens (tertiary/aromatic N) is 3. The molecule has 1 fully saturated rings. The maximum Gasteiger partial charge on any atom is 0.238 e. The first-order valence-corrected chi connectivity index (χ1v) is 12.9. The zero-order chi connectivity index (χ0) is 24.4. The summed E-state index contributed by atoms with van der Waals surface area (Å²) in [7, 11) is 0. The first kappa shape index (κ1) is 21.8. The Morgan fingerprint density at radius 3 is 2.53 bits per heavy atom. The number of rotatable bonds is 4. The van der Waals surface area contributed by atoms with Gasteiger partial charge in [-0.05, 0) is 53.3 Å². The van der Waals surface area contributed by atoms with E-state index in [-0.39, 0.29) is 18.0 Å². The van der Waals surface area contributed by atoms with Gasteiger partial charge in [-0.15, -0.1) is 0 Å². The lowest BCUT2D eigenvalue weighted by Crippen LogP contribution is -2.50. The molecule has 36 heavy (non-hydrogen) atoms. The second kappa shape index (κ2) is 8.02. The number of anilines is 1. The van der Waals surface area contributed by atoms with E-state index in [9.17, 15) is 9.90 Å². The van der Waals surface area contributed by atoms with Crippen LogP contribution >= 0.6 is 0 Å². The molecule has 2 N–H and O–H groups in total. The molecule has 0 bridgehead atoms. The summed E-state index contributed by atoms with van der Waals surface area (Å²) in [6.07, 6.45) is 5.36. The molecule has 0 radical (unpaired) electrons. The Morgan fingerprint density at radius 2 is 1.78 bits per heavy atom. The van der Waals surface area contributed by atoms with Crippen molar-refractivity contribution >= 4 is 22.4 Å². The molecule has 1 aliphatic carbocycles. The number of amides is 1. The van der Waals surface area contributed by atoms with Gasteiger partial charge in [0.2, 0.25) is 5.91 Å². The molecule has 6 nitrogen and oxygen atoms in total. The molecule has 3 unspecified atom stereocenters. The molecule has 3 aromatic carbocycles. The van der Waals surface area contributed by atoms with Gasteiger partial charge in [-0.2, -0.15) is 0 Å². The zero-order valence-electron chi connectivity index (χ0n) is 20.4. The number of piperidine rings is 1. The van der Waals surface area contributed by atoms with E-state index in [2.05, 4.69) is 69.2 Å². The fourth-order valence-corrected chi connectivity index (χ4v) is 6.96. The molecule has 1 saturated heterocycles. The van der Waals surface area contributed by atoms with E-state index in [1.165, 1.54) is 16.3 Å². The Kier molecular flexibility index (Phi) is 4.85. The molecule has 3 heterocycles. The van der Waals surface area contributed by atoms with Crippen LogP contribution < -0.4 is 4.90 Å². The van der Waals surface area contributed by atoms with Crippen LogP contribution in [0.4, 0.5) is 5.69 Å². The number of benzene rings is 3. The number of para-hydroxylation sites is 1. The molecule has 4 aromatic rings. The number of hydrogen-bond donors (Lipinski definition) is 2. The Bertz CT molecular complexity index is 1450. The van der Waals surface area contributed by atoms with Crippen molar-refractivity contribution in [2.75, 3.05) is 18.0 Å². The molecule has 182 valence electrons. The number of aromatic nitrogens is 2. The Hall–Kier alpha value is -3.48. The molecule has 3 aliphatic rings. The largest absolute Gasteiger partial charge is 0.386 e. The van der Waals surface area contributed by atoms with Crippen molar-refractivity contribution < 1.29 is 9.90 Å². The SMILES string of the molecule is CC1(Cc2ncc[nH]2)C(=O)N(C2CCN(C3c4cccc5cccc(c45)C3O)CC2)c2ccccc21. The summed E-state index contributed by atoms with van der Waals surface area (Å²) in [5, 5.41) is 13.7. The van der Waals surface area contributed by atoms with Gasteiger partial charge < -0.3 is 15.0 Å². The van der Waals surface area contributed by atoms with Gasteiger partial charge in [-0.1, -0.05) is 54.6 Å². The summed E-state index contributed by atoms with van der Waals surface area (Å²) in [5.41, 5.74) is 3.75. The van der Waals surface area contributed by atoms with Crippen LogP contribution in [0.25, 0.3) is 10.8 Å². The summed E-state index contributed by atoms with van der Waals surface area (Å²) in [6.45, 7) is 3.74. The molecular weight excluding hydrogens is 448 g/mol. The first-order chi connectivity index (χ1) is 17.6. The number of fused-ring (bicyclic) bond motifs is 1. The Morgan fingerprint density at radius 1 is 1.03 bits per heavy atom. The third kappa shape index (κ3) is 3.04. The lowest BCUT2D eigenvalue weighted by Gasteiger charge is -2.41. The number of imidazole rings is 1. The van der Waals surface area contributed by atoms with Gasteiger partial charge in [-0.3, -0.25) is 9.69 Å². The van der Waals surface area contributed by atoms with Crippen molar-refractivity contribution in [1.82, 2.24) is 14.9 Å². The molecule has 1 aromatic heterocycles. The minimum atomic E-state index is -0.634. The Labute approximate surface area is 210 Å². The minimum Gasteiger partial charge on any atom is -0.386 e. The maximum absolute atomic E-state index is 14.0. The van der Waals surface area contributed by atoms with E-state index in [4.69, 9.17) is 0 Å². The van der Waals surface area contributed by atoms with Crippen molar-refractivity contribution in [3.8, 4) is 0 Å². The second-order valence-corrected chi connectivity index (χ2v) is 10.7. The third-order valence-electron chi connectivity index (χ3n) is 8.69. The molecule has 2 aliphatic heterocycles. The number of aliphatic hydroxyl groups is 1. The highest BCUT2D eigenvalue weighted by Gasteiger charge is 2.50. The minimum absolute atomic E-state index is 0.0298. The normalized spacial score (nSPS) is 26.2. The first-order valence-electron chi connectivity index (χ1n) is 12.9. The van der Waals surface area contributed by atoms with Crippen LogP contribution in [0, 0.1) is 0 Å². The molecule has 1 amide bonds. The van der Waals surface area contributed by atoms with Gasteiger partial charge in [0.25, 0.3) is 0 Å². The van der Waals surface area contributed by atoms with Gasteiger partial charge in [0.1, 0.15) is 5.82 Å². The number of carbonyl (C=O) groups excluding carboxylic acids is 1. The van der Waals surface area contributed by atoms with E-state index in [1.54, 1.807) is 6.20 Å². The van der Waals surface area contributed by atoms with Crippen LogP contribution in [0.2, 0.25) is 0 Å².